The summed E-state index contributed by atoms with van der Waals surface area (Å²) in [5.41, 5.74) is 9.02. The maximum Gasteiger partial charge on any atom is 0.284 e. The molecule has 0 bridgehead atoms. The third kappa shape index (κ3) is 3.11. The molecule has 1 unspecified atom stereocenters. The van der Waals surface area contributed by atoms with Gasteiger partial charge in [0.2, 0.25) is 0 Å². The van der Waals surface area contributed by atoms with Gasteiger partial charge in [0.25, 0.3) is 5.91 Å². The summed E-state index contributed by atoms with van der Waals surface area (Å²) in [6.45, 7) is 0. The normalized spacial score (nSPS) is 16.6. The van der Waals surface area contributed by atoms with E-state index in [4.69, 9.17) is 5.73 Å². The van der Waals surface area contributed by atoms with Crippen LogP contribution >= 0.6 is 11.3 Å². The predicted molar refractivity (Wildman–Crippen MR) is 102 cm³/mol. The second-order valence-corrected chi connectivity index (χ2v) is 7.01. The highest BCUT2D eigenvalue weighted by Crippen LogP contribution is 2.34. The first kappa shape index (κ1) is 16.5. The van der Waals surface area contributed by atoms with Crippen LogP contribution in [-0.2, 0) is 0 Å². The number of amides is 1. The second kappa shape index (κ2) is 6.72. The average Bonchev–Trinajstić information content (AvgIpc) is 3.33. The molecule has 1 amide bonds. The van der Waals surface area contributed by atoms with E-state index < -0.39 is 0 Å². The molecule has 1 atom stereocenters. The number of carbonyl (C=O) groups is 1. The lowest BCUT2D eigenvalue weighted by Crippen LogP contribution is -2.26. The molecule has 6 heteroatoms. The Balaban J connectivity index is 1.72. The van der Waals surface area contributed by atoms with Gasteiger partial charge in [-0.3, -0.25) is 4.79 Å². The molecule has 4 nitrogen and oxygen atoms in total. The summed E-state index contributed by atoms with van der Waals surface area (Å²) in [5.74, 6) is -0.456. The van der Waals surface area contributed by atoms with Crippen LogP contribution in [0.1, 0.15) is 33.3 Å². The Hall–Kier alpha value is -2.99. The molecular formula is C20H16FN3OS. The molecule has 1 aliphatic heterocycles. The molecule has 0 aliphatic carbocycles. The maximum atomic E-state index is 13.3. The number of hydrazone groups is 1. The summed E-state index contributed by atoms with van der Waals surface area (Å²) in [7, 11) is 0. The Morgan fingerprint density at radius 2 is 1.85 bits per heavy atom. The quantitative estimate of drug-likeness (QED) is 0.697. The molecule has 130 valence electrons. The molecule has 1 aliphatic rings. The Morgan fingerprint density at radius 1 is 1.12 bits per heavy atom. The van der Waals surface area contributed by atoms with Gasteiger partial charge in [0.1, 0.15) is 5.82 Å². The first-order valence-corrected chi connectivity index (χ1v) is 9.06. The van der Waals surface area contributed by atoms with Crippen molar-refractivity contribution >= 4 is 28.6 Å². The minimum Gasteiger partial charge on any atom is -0.399 e. The molecule has 2 aromatic carbocycles. The predicted octanol–water partition coefficient (Wildman–Crippen LogP) is 4.46. The van der Waals surface area contributed by atoms with Gasteiger partial charge in [0.15, 0.2) is 0 Å². The summed E-state index contributed by atoms with van der Waals surface area (Å²) < 4.78 is 13.3. The van der Waals surface area contributed by atoms with Gasteiger partial charge in [0, 0.05) is 12.1 Å². The van der Waals surface area contributed by atoms with Crippen LogP contribution in [0.15, 0.2) is 71.1 Å². The van der Waals surface area contributed by atoms with Crippen molar-refractivity contribution in [2.75, 3.05) is 5.73 Å². The van der Waals surface area contributed by atoms with Crippen molar-refractivity contribution in [2.45, 2.75) is 12.5 Å². The first-order chi connectivity index (χ1) is 12.6. The Labute approximate surface area is 154 Å². The van der Waals surface area contributed by atoms with E-state index in [1.165, 1.54) is 28.5 Å². The van der Waals surface area contributed by atoms with Crippen LogP contribution in [0.25, 0.3) is 0 Å². The number of rotatable bonds is 3. The van der Waals surface area contributed by atoms with Crippen molar-refractivity contribution in [1.29, 1.82) is 0 Å². The van der Waals surface area contributed by atoms with E-state index in [2.05, 4.69) is 5.10 Å². The highest BCUT2D eigenvalue weighted by atomic mass is 32.1. The number of nitrogens with zero attached hydrogens (tertiary/aromatic N) is 2. The van der Waals surface area contributed by atoms with Crippen molar-refractivity contribution in [2.24, 2.45) is 5.10 Å². The van der Waals surface area contributed by atoms with E-state index >= 15 is 0 Å². The molecule has 3 aromatic rings. The van der Waals surface area contributed by atoms with Crippen LogP contribution in [0.4, 0.5) is 10.1 Å². The number of hydrogen-bond donors (Lipinski definition) is 1. The fourth-order valence-corrected chi connectivity index (χ4v) is 3.66. The molecule has 0 saturated carbocycles. The number of anilines is 1. The Bertz CT molecular complexity index is 950. The molecule has 26 heavy (non-hydrogen) atoms. The van der Waals surface area contributed by atoms with Crippen LogP contribution in [0.5, 0.6) is 0 Å². The average molecular weight is 365 g/mol. The number of benzene rings is 2. The van der Waals surface area contributed by atoms with Gasteiger partial charge in [-0.2, -0.15) is 5.10 Å². The summed E-state index contributed by atoms with van der Waals surface area (Å²) in [4.78, 5) is 13.5. The molecule has 2 heterocycles. The van der Waals surface area contributed by atoms with E-state index in [9.17, 15) is 9.18 Å². The zero-order chi connectivity index (χ0) is 18.1. The van der Waals surface area contributed by atoms with Gasteiger partial charge in [-0.25, -0.2) is 9.40 Å². The van der Waals surface area contributed by atoms with E-state index in [1.807, 2.05) is 35.7 Å². The number of nitrogen functional groups attached to an aromatic ring is 1. The smallest absolute Gasteiger partial charge is 0.284 e. The first-order valence-electron chi connectivity index (χ1n) is 8.18. The van der Waals surface area contributed by atoms with Crippen LogP contribution in [0.3, 0.4) is 0 Å². The third-order valence-corrected chi connectivity index (χ3v) is 5.21. The second-order valence-electron chi connectivity index (χ2n) is 6.07. The zero-order valence-electron chi connectivity index (χ0n) is 13.8. The molecule has 0 saturated heterocycles. The van der Waals surface area contributed by atoms with Crippen molar-refractivity contribution in [3.05, 3.63) is 87.9 Å². The molecule has 4 rings (SSSR count). The molecule has 0 radical (unpaired) electrons. The van der Waals surface area contributed by atoms with E-state index in [0.717, 1.165) is 16.8 Å². The fraction of sp³-hybridized carbons (Fsp3) is 0.100. The standard InChI is InChI=1S/C20H16FN3OS/c21-15-7-3-14(4-8-15)18-12-17(13-5-9-16(22)10-6-13)23-24(18)20(25)19-2-1-11-26-19/h1-11,18H,12,22H2. The highest BCUT2D eigenvalue weighted by Gasteiger charge is 2.34. The maximum absolute atomic E-state index is 13.3. The highest BCUT2D eigenvalue weighted by molar-refractivity contribution is 7.12. The molecule has 2 N–H and O–H groups in total. The summed E-state index contributed by atoms with van der Waals surface area (Å²) in [6, 6.07) is 17.0. The Kier molecular flexibility index (Phi) is 4.26. The van der Waals surface area contributed by atoms with Crippen LogP contribution in [-0.4, -0.2) is 16.6 Å². The molecular weight excluding hydrogens is 349 g/mol. The summed E-state index contributed by atoms with van der Waals surface area (Å²) >= 11 is 1.38. The lowest BCUT2D eigenvalue weighted by atomic mass is 9.98. The van der Waals surface area contributed by atoms with Gasteiger partial charge in [-0.05, 0) is 46.8 Å². The number of thiophene rings is 1. The topological polar surface area (TPSA) is 58.7 Å². The SMILES string of the molecule is Nc1ccc(C2=NN(C(=O)c3cccs3)C(c3ccc(F)cc3)C2)cc1. The lowest BCUT2D eigenvalue weighted by Gasteiger charge is -2.21. The van der Waals surface area contributed by atoms with Gasteiger partial charge < -0.3 is 5.73 Å². The number of hydrogen-bond acceptors (Lipinski definition) is 4. The van der Waals surface area contributed by atoms with Gasteiger partial charge in [0.05, 0.1) is 16.6 Å². The largest absolute Gasteiger partial charge is 0.399 e. The Morgan fingerprint density at radius 3 is 2.50 bits per heavy atom. The molecule has 0 spiro atoms. The van der Waals surface area contributed by atoms with Crippen molar-refractivity contribution in [3.8, 4) is 0 Å². The van der Waals surface area contributed by atoms with E-state index in [0.29, 0.717) is 17.0 Å². The number of nitrogens with two attached hydrogens (primary N) is 1. The minimum atomic E-state index is -0.303. The van der Waals surface area contributed by atoms with Crippen LogP contribution < -0.4 is 5.73 Å². The number of carbonyl (C=O) groups excluding carboxylic acids is 1. The van der Waals surface area contributed by atoms with Crippen molar-refractivity contribution < 1.29 is 9.18 Å². The van der Waals surface area contributed by atoms with Crippen LogP contribution in [0, 0.1) is 5.82 Å². The third-order valence-electron chi connectivity index (χ3n) is 4.35. The lowest BCUT2D eigenvalue weighted by molar-refractivity contribution is 0.0716. The van der Waals surface area contributed by atoms with E-state index in [-0.39, 0.29) is 17.8 Å². The molecule has 0 fully saturated rings. The molecule has 1 aromatic heterocycles. The monoisotopic (exact) mass is 365 g/mol. The summed E-state index contributed by atoms with van der Waals surface area (Å²) in [6.07, 6.45) is 0.562. The van der Waals surface area contributed by atoms with Crippen molar-refractivity contribution in [1.82, 2.24) is 5.01 Å². The van der Waals surface area contributed by atoms with Gasteiger partial charge in [-0.1, -0.05) is 30.3 Å². The summed E-state index contributed by atoms with van der Waals surface area (Å²) in [5, 5.41) is 7.96. The van der Waals surface area contributed by atoms with Crippen LogP contribution in [0.2, 0.25) is 0 Å². The number of halogens is 1. The zero-order valence-corrected chi connectivity index (χ0v) is 14.6. The minimum absolute atomic E-state index is 0.153. The van der Waals surface area contributed by atoms with Crippen molar-refractivity contribution in [3.63, 3.8) is 0 Å². The van der Waals surface area contributed by atoms with Gasteiger partial charge >= 0.3 is 0 Å². The van der Waals surface area contributed by atoms with Gasteiger partial charge in [-0.15, -0.1) is 11.3 Å². The van der Waals surface area contributed by atoms with E-state index in [1.54, 1.807) is 18.2 Å². The fourth-order valence-electron chi connectivity index (χ4n) is 3.01.